The third-order valence-electron chi connectivity index (χ3n) is 5.19. The Hall–Kier alpha value is -2.98. The Morgan fingerprint density at radius 1 is 1.07 bits per heavy atom. The number of nitrogens with zero attached hydrogens (tertiary/aromatic N) is 1. The lowest BCUT2D eigenvalue weighted by atomic mass is 9.90. The van der Waals surface area contributed by atoms with E-state index in [2.05, 4.69) is 31.2 Å². The van der Waals surface area contributed by atoms with E-state index in [4.69, 9.17) is 5.11 Å². The second-order valence-electron chi connectivity index (χ2n) is 7.50. The molecule has 1 unspecified atom stereocenters. The molecule has 150 valence electrons. The normalized spacial score (nSPS) is 17.2. The van der Waals surface area contributed by atoms with Crippen molar-refractivity contribution >= 4 is 23.8 Å². The first-order chi connectivity index (χ1) is 14.0. The topological polar surface area (TPSA) is 57.6 Å². The lowest BCUT2D eigenvalue weighted by Gasteiger charge is -2.32. The number of hydrogen-bond acceptors (Lipinski definition) is 3. The number of carbonyl (C=O) groups is 2. The Morgan fingerprint density at radius 3 is 2.52 bits per heavy atom. The van der Waals surface area contributed by atoms with Crippen LogP contribution in [0.5, 0.6) is 0 Å². The maximum absolute atomic E-state index is 12.7. The van der Waals surface area contributed by atoms with Crippen molar-refractivity contribution in [2.45, 2.75) is 25.7 Å². The zero-order chi connectivity index (χ0) is 20.6. The van der Waals surface area contributed by atoms with Crippen LogP contribution in [-0.2, 0) is 9.59 Å². The van der Waals surface area contributed by atoms with Crippen LogP contribution in [0.3, 0.4) is 0 Å². The van der Waals surface area contributed by atoms with E-state index >= 15 is 0 Å². The molecule has 2 aromatic carbocycles. The van der Waals surface area contributed by atoms with Crippen LogP contribution in [0.25, 0.3) is 12.2 Å². The predicted molar refractivity (Wildman–Crippen MR) is 116 cm³/mol. The summed E-state index contributed by atoms with van der Waals surface area (Å²) in [4.78, 5) is 25.8. The summed E-state index contributed by atoms with van der Waals surface area (Å²) in [5.41, 5.74) is 4.30. The molecule has 0 radical (unpaired) electrons. The van der Waals surface area contributed by atoms with Crippen LogP contribution in [0.2, 0.25) is 0 Å². The van der Waals surface area contributed by atoms with Gasteiger partial charge in [-0.25, -0.2) is 0 Å². The van der Waals surface area contributed by atoms with Crippen LogP contribution in [0.15, 0.2) is 60.7 Å². The van der Waals surface area contributed by atoms with Crippen molar-refractivity contribution in [3.05, 3.63) is 82.9 Å². The van der Waals surface area contributed by atoms with E-state index < -0.39 is 6.61 Å². The molecule has 3 rings (SSSR count). The maximum Gasteiger partial charge on any atom is 0.246 e. The van der Waals surface area contributed by atoms with Gasteiger partial charge in [0.2, 0.25) is 5.91 Å². The fourth-order valence-corrected chi connectivity index (χ4v) is 3.65. The molecule has 4 heteroatoms. The number of rotatable bonds is 6. The number of aliphatic hydroxyl groups is 1. The molecule has 1 aliphatic rings. The van der Waals surface area contributed by atoms with E-state index in [1.807, 2.05) is 35.2 Å². The molecule has 0 aliphatic carbocycles. The first kappa shape index (κ1) is 20.7. The zero-order valence-electron chi connectivity index (χ0n) is 16.8. The molecular weight excluding hydrogens is 362 g/mol. The number of aryl methyl sites for hydroxylation is 1. The van der Waals surface area contributed by atoms with Gasteiger partial charge in [-0.3, -0.25) is 9.59 Å². The predicted octanol–water partition coefficient (Wildman–Crippen LogP) is 3.99. The summed E-state index contributed by atoms with van der Waals surface area (Å²) in [7, 11) is 0. The Kier molecular flexibility index (Phi) is 7.14. The summed E-state index contributed by atoms with van der Waals surface area (Å²) in [6, 6.07) is 16.1. The van der Waals surface area contributed by atoms with E-state index in [9.17, 15) is 9.59 Å². The summed E-state index contributed by atoms with van der Waals surface area (Å²) < 4.78 is 0. The van der Waals surface area contributed by atoms with E-state index in [0.29, 0.717) is 5.92 Å². The molecule has 1 aliphatic heterocycles. The quantitative estimate of drug-likeness (QED) is 0.760. The molecule has 1 N–H and O–H groups in total. The van der Waals surface area contributed by atoms with E-state index in [1.54, 1.807) is 12.2 Å². The SMILES string of the molecule is Cc1cccc(C2CCCN(C(=O)/C=C/c3cccc(/C=C/C(=O)CO)c3)C2)c1. The second-order valence-corrected chi connectivity index (χ2v) is 7.50. The number of piperidine rings is 1. The van der Waals surface area contributed by atoms with Gasteiger partial charge in [-0.05, 0) is 54.7 Å². The number of hydrogen-bond donors (Lipinski definition) is 1. The van der Waals surface area contributed by atoms with Crippen molar-refractivity contribution in [2.75, 3.05) is 19.7 Å². The Morgan fingerprint density at radius 2 is 1.79 bits per heavy atom. The average molecular weight is 389 g/mol. The van der Waals surface area contributed by atoms with Gasteiger partial charge >= 0.3 is 0 Å². The van der Waals surface area contributed by atoms with Crippen molar-refractivity contribution in [3.8, 4) is 0 Å². The molecule has 1 fully saturated rings. The van der Waals surface area contributed by atoms with Crippen LogP contribution < -0.4 is 0 Å². The van der Waals surface area contributed by atoms with Gasteiger partial charge in [0.25, 0.3) is 0 Å². The number of carbonyl (C=O) groups excluding carboxylic acids is 2. The van der Waals surface area contributed by atoms with Gasteiger partial charge < -0.3 is 10.0 Å². The fraction of sp³-hybridized carbons (Fsp3) is 0.280. The molecule has 1 heterocycles. The van der Waals surface area contributed by atoms with E-state index in [-0.39, 0.29) is 11.7 Å². The number of aliphatic hydroxyl groups excluding tert-OH is 1. The summed E-state index contributed by atoms with van der Waals surface area (Å²) >= 11 is 0. The molecule has 1 amide bonds. The minimum absolute atomic E-state index is 0.0266. The largest absolute Gasteiger partial charge is 0.388 e. The highest BCUT2D eigenvalue weighted by Crippen LogP contribution is 2.27. The molecule has 0 bridgehead atoms. The molecule has 29 heavy (non-hydrogen) atoms. The Balaban J connectivity index is 1.64. The first-order valence-electron chi connectivity index (χ1n) is 10.0. The third-order valence-corrected chi connectivity index (χ3v) is 5.19. The number of ketones is 1. The van der Waals surface area contributed by atoms with Crippen molar-refractivity contribution in [3.63, 3.8) is 0 Å². The van der Waals surface area contributed by atoms with Gasteiger partial charge in [-0.2, -0.15) is 0 Å². The minimum Gasteiger partial charge on any atom is -0.388 e. The van der Waals surface area contributed by atoms with Gasteiger partial charge in [0, 0.05) is 25.1 Å². The lowest BCUT2D eigenvalue weighted by molar-refractivity contribution is -0.127. The highest BCUT2D eigenvalue weighted by Gasteiger charge is 2.23. The van der Waals surface area contributed by atoms with Crippen molar-refractivity contribution in [1.82, 2.24) is 4.90 Å². The number of amides is 1. The average Bonchev–Trinajstić information content (AvgIpc) is 2.76. The van der Waals surface area contributed by atoms with Gasteiger partial charge in [-0.15, -0.1) is 0 Å². The number of benzene rings is 2. The fourth-order valence-electron chi connectivity index (χ4n) is 3.65. The standard InChI is InChI=1S/C25H27NO3/c1-19-5-2-8-22(15-19)23-9-4-14-26(17-23)25(29)13-11-21-7-3-6-20(16-21)10-12-24(28)18-27/h2-3,5-8,10-13,15-16,23,27H,4,9,14,17-18H2,1H3/b12-10+,13-11+. The molecule has 4 nitrogen and oxygen atoms in total. The summed E-state index contributed by atoms with van der Waals surface area (Å²) in [5, 5.41) is 8.79. The second kappa shape index (κ2) is 9.99. The van der Waals surface area contributed by atoms with Crippen LogP contribution in [0.4, 0.5) is 0 Å². The van der Waals surface area contributed by atoms with Crippen LogP contribution in [0, 0.1) is 6.92 Å². The molecule has 2 aromatic rings. The number of likely N-dealkylation sites (tertiary alicyclic amines) is 1. The molecular formula is C25H27NO3. The molecule has 0 spiro atoms. The van der Waals surface area contributed by atoms with Gasteiger partial charge in [0.15, 0.2) is 5.78 Å². The monoisotopic (exact) mass is 389 g/mol. The smallest absolute Gasteiger partial charge is 0.246 e. The maximum atomic E-state index is 12.7. The molecule has 0 saturated carbocycles. The molecule has 1 saturated heterocycles. The summed E-state index contributed by atoms with van der Waals surface area (Å²) in [6.07, 6.45) is 8.57. The van der Waals surface area contributed by atoms with Crippen molar-refractivity contribution in [2.24, 2.45) is 0 Å². The van der Waals surface area contributed by atoms with Gasteiger partial charge in [0.1, 0.15) is 6.61 Å². The van der Waals surface area contributed by atoms with Crippen LogP contribution in [-0.4, -0.2) is 41.4 Å². The van der Waals surface area contributed by atoms with E-state index in [0.717, 1.165) is 37.1 Å². The zero-order valence-corrected chi connectivity index (χ0v) is 16.8. The van der Waals surface area contributed by atoms with Gasteiger partial charge in [-0.1, -0.05) is 54.1 Å². The molecule has 0 aromatic heterocycles. The Labute approximate surface area is 172 Å². The van der Waals surface area contributed by atoms with Crippen LogP contribution >= 0.6 is 0 Å². The van der Waals surface area contributed by atoms with Gasteiger partial charge in [0.05, 0.1) is 0 Å². The van der Waals surface area contributed by atoms with Crippen molar-refractivity contribution in [1.29, 1.82) is 0 Å². The highest BCUT2D eigenvalue weighted by molar-refractivity contribution is 5.94. The summed E-state index contributed by atoms with van der Waals surface area (Å²) in [5.74, 6) is 0.0756. The third kappa shape index (κ3) is 6.00. The van der Waals surface area contributed by atoms with Crippen LogP contribution in [0.1, 0.15) is 41.0 Å². The van der Waals surface area contributed by atoms with E-state index in [1.165, 1.54) is 17.2 Å². The molecule has 1 atom stereocenters. The van der Waals surface area contributed by atoms with Crippen molar-refractivity contribution < 1.29 is 14.7 Å². The lowest BCUT2D eigenvalue weighted by Crippen LogP contribution is -2.38. The minimum atomic E-state index is -0.496. The summed E-state index contributed by atoms with van der Waals surface area (Å²) in [6.45, 7) is 3.14. The highest BCUT2D eigenvalue weighted by atomic mass is 16.3. The Bertz CT molecular complexity index is 929. The first-order valence-corrected chi connectivity index (χ1v) is 10.0.